The Labute approximate surface area is 210 Å². The number of aromatic nitrogens is 1. The predicted molar refractivity (Wildman–Crippen MR) is 142 cm³/mol. The average Bonchev–Trinajstić information content (AvgIpc) is 3.27. The molecule has 0 N–H and O–H groups in total. The maximum Gasteiger partial charge on any atom is 0.267 e. The molecule has 1 aliphatic rings. The minimum Gasteiger partial charge on any atom is -0.490 e. The van der Waals surface area contributed by atoms with Crippen LogP contribution in [0.4, 0.5) is 0 Å². The molecule has 9 heteroatoms. The number of para-hydroxylation sites is 1. The van der Waals surface area contributed by atoms with Crippen LogP contribution in [0, 0.1) is 0 Å². The monoisotopic (exact) mass is 500 g/mol. The molecule has 35 heavy (non-hydrogen) atoms. The predicted octanol–water partition coefficient (Wildman–Crippen LogP) is 2.88. The number of carbonyl (C=O) groups is 1. The molecular formula is C26H36N4O4S. The summed E-state index contributed by atoms with van der Waals surface area (Å²) in [6.07, 6.45) is 0. The molecule has 0 bridgehead atoms. The van der Waals surface area contributed by atoms with Gasteiger partial charge in [-0.1, -0.05) is 32.0 Å². The molecule has 0 unspecified atom stereocenters. The summed E-state index contributed by atoms with van der Waals surface area (Å²) < 4.78 is 14.2. The molecule has 0 saturated carbocycles. The second-order valence-electron chi connectivity index (χ2n) is 8.90. The number of thiophene rings is 1. The molecule has 0 radical (unpaired) electrons. The molecule has 0 aliphatic carbocycles. The second-order valence-corrected chi connectivity index (χ2v) is 9.92. The number of aryl methyl sites for hydroxylation is 1. The number of morpholine rings is 1. The van der Waals surface area contributed by atoms with E-state index >= 15 is 0 Å². The van der Waals surface area contributed by atoms with Gasteiger partial charge in [-0.3, -0.25) is 14.5 Å². The van der Waals surface area contributed by atoms with Gasteiger partial charge in [0.25, 0.3) is 11.5 Å². The third-order valence-corrected chi connectivity index (χ3v) is 8.03. The molecule has 4 rings (SSSR count). The lowest BCUT2D eigenvalue weighted by atomic mass is 10.1. The van der Waals surface area contributed by atoms with Gasteiger partial charge in [0.05, 0.1) is 23.4 Å². The van der Waals surface area contributed by atoms with Crippen LogP contribution in [0.25, 0.3) is 21.0 Å². The topological polar surface area (TPSA) is 67.2 Å². The smallest absolute Gasteiger partial charge is 0.267 e. The summed E-state index contributed by atoms with van der Waals surface area (Å²) in [5, 5.41) is 1.45. The number of carbonyl (C=O) groups excluding carboxylic acids is 1. The molecule has 0 atom stereocenters. The van der Waals surface area contributed by atoms with Crippen molar-refractivity contribution in [1.82, 2.24) is 19.3 Å². The first-order chi connectivity index (χ1) is 17.0. The fourth-order valence-corrected chi connectivity index (χ4v) is 5.79. The number of ether oxygens (including phenoxy) is 2. The minimum absolute atomic E-state index is 0.106. The minimum atomic E-state index is -0.138. The van der Waals surface area contributed by atoms with Gasteiger partial charge in [-0.2, -0.15) is 0 Å². The number of pyridine rings is 1. The summed E-state index contributed by atoms with van der Waals surface area (Å²) in [6, 6.07) is 7.83. The van der Waals surface area contributed by atoms with E-state index in [0.29, 0.717) is 29.2 Å². The second kappa shape index (κ2) is 11.5. The van der Waals surface area contributed by atoms with Gasteiger partial charge in [-0.05, 0) is 19.2 Å². The Morgan fingerprint density at radius 3 is 2.57 bits per heavy atom. The molecule has 0 spiro atoms. The van der Waals surface area contributed by atoms with Crippen molar-refractivity contribution in [3.8, 4) is 5.75 Å². The number of hydrogen-bond acceptors (Lipinski definition) is 7. The summed E-state index contributed by atoms with van der Waals surface area (Å²) in [4.78, 5) is 33.9. The van der Waals surface area contributed by atoms with E-state index in [1.54, 1.807) is 16.5 Å². The SMILES string of the molecule is CCN(CC)CCN(C)C(=O)c1sc2c(c1OCCN1CCOCC1)c(=O)n(C)c1ccccc21. The highest BCUT2D eigenvalue weighted by molar-refractivity contribution is 7.22. The Balaban J connectivity index is 1.70. The largest absolute Gasteiger partial charge is 0.490 e. The van der Waals surface area contributed by atoms with Crippen LogP contribution >= 0.6 is 11.3 Å². The molecule has 1 saturated heterocycles. The zero-order valence-electron chi connectivity index (χ0n) is 21.2. The van der Waals surface area contributed by atoms with Gasteiger partial charge >= 0.3 is 0 Å². The molecule has 1 aromatic carbocycles. The van der Waals surface area contributed by atoms with Crippen LogP contribution in [0.2, 0.25) is 0 Å². The maximum absolute atomic E-state index is 13.6. The first-order valence-corrected chi connectivity index (χ1v) is 13.2. The van der Waals surface area contributed by atoms with E-state index < -0.39 is 0 Å². The summed E-state index contributed by atoms with van der Waals surface area (Å²) in [5.74, 6) is 0.315. The number of amides is 1. The summed E-state index contributed by atoms with van der Waals surface area (Å²) in [6.45, 7) is 11.8. The number of rotatable bonds is 10. The summed E-state index contributed by atoms with van der Waals surface area (Å²) in [7, 11) is 3.60. The highest BCUT2D eigenvalue weighted by Crippen LogP contribution is 2.40. The molecule has 1 amide bonds. The van der Waals surface area contributed by atoms with Gasteiger partial charge in [-0.25, -0.2) is 0 Å². The quantitative estimate of drug-likeness (QED) is 0.427. The van der Waals surface area contributed by atoms with Crippen molar-refractivity contribution in [2.24, 2.45) is 7.05 Å². The van der Waals surface area contributed by atoms with Crippen LogP contribution in [-0.2, 0) is 11.8 Å². The van der Waals surface area contributed by atoms with Crippen LogP contribution in [0.3, 0.4) is 0 Å². The Morgan fingerprint density at radius 1 is 1.14 bits per heavy atom. The fraction of sp³-hybridized carbons (Fsp3) is 0.538. The van der Waals surface area contributed by atoms with Crippen LogP contribution in [0.15, 0.2) is 29.1 Å². The van der Waals surface area contributed by atoms with Crippen molar-refractivity contribution >= 4 is 38.2 Å². The molecule has 2 aromatic heterocycles. The Bertz CT molecular complexity index is 1230. The Kier molecular flexibility index (Phi) is 8.43. The first-order valence-electron chi connectivity index (χ1n) is 12.4. The molecular weight excluding hydrogens is 464 g/mol. The van der Waals surface area contributed by atoms with Gasteiger partial charge in [0, 0.05) is 52.2 Å². The Hall–Kier alpha value is -2.46. The summed E-state index contributed by atoms with van der Waals surface area (Å²) >= 11 is 1.37. The lowest BCUT2D eigenvalue weighted by molar-refractivity contribution is 0.0323. The number of benzene rings is 1. The van der Waals surface area contributed by atoms with E-state index in [0.717, 1.165) is 68.1 Å². The van der Waals surface area contributed by atoms with E-state index in [-0.39, 0.29) is 11.5 Å². The first kappa shape index (κ1) is 25.6. The standard InChI is InChI=1S/C26H36N4O4S/c1-5-29(6-2)12-11-27(3)26(32)24-22(34-18-15-30-13-16-33-17-14-30)21-23(35-24)19-9-7-8-10-20(19)28(4)25(21)31/h7-10H,5-6,11-18H2,1-4H3. The van der Waals surface area contributed by atoms with Gasteiger partial charge in [-0.15, -0.1) is 11.3 Å². The number of fused-ring (bicyclic) bond motifs is 3. The van der Waals surface area contributed by atoms with Gasteiger partial charge in [0.2, 0.25) is 0 Å². The van der Waals surface area contributed by atoms with Crippen LogP contribution in [0.5, 0.6) is 5.75 Å². The molecule has 190 valence electrons. The normalized spacial score (nSPS) is 14.8. The maximum atomic E-state index is 13.6. The van der Waals surface area contributed by atoms with Crippen LogP contribution in [-0.4, -0.2) is 97.9 Å². The van der Waals surface area contributed by atoms with Crippen LogP contribution in [0.1, 0.15) is 23.5 Å². The Morgan fingerprint density at radius 2 is 1.86 bits per heavy atom. The molecule has 3 heterocycles. The van der Waals surface area contributed by atoms with Crippen molar-refractivity contribution < 1.29 is 14.3 Å². The van der Waals surface area contributed by atoms with Crippen molar-refractivity contribution in [2.75, 3.05) is 72.7 Å². The zero-order valence-corrected chi connectivity index (χ0v) is 22.0. The molecule has 1 fully saturated rings. The van der Waals surface area contributed by atoms with E-state index in [9.17, 15) is 9.59 Å². The molecule has 1 aliphatic heterocycles. The number of hydrogen-bond donors (Lipinski definition) is 0. The molecule has 8 nitrogen and oxygen atoms in total. The average molecular weight is 501 g/mol. The van der Waals surface area contributed by atoms with Crippen LogP contribution < -0.4 is 10.3 Å². The lowest BCUT2D eigenvalue weighted by Gasteiger charge is -2.26. The zero-order chi connectivity index (χ0) is 24.9. The van der Waals surface area contributed by atoms with Gasteiger partial charge in [0.1, 0.15) is 16.9 Å². The number of nitrogens with zero attached hydrogens (tertiary/aromatic N) is 4. The molecule has 3 aromatic rings. The third kappa shape index (κ3) is 5.38. The van der Waals surface area contributed by atoms with Crippen molar-refractivity contribution in [3.63, 3.8) is 0 Å². The van der Waals surface area contributed by atoms with Crippen molar-refractivity contribution in [1.29, 1.82) is 0 Å². The van der Waals surface area contributed by atoms with E-state index in [4.69, 9.17) is 9.47 Å². The third-order valence-electron chi connectivity index (χ3n) is 6.84. The van der Waals surface area contributed by atoms with Gasteiger partial charge in [0.15, 0.2) is 5.75 Å². The fourth-order valence-electron chi connectivity index (χ4n) is 4.52. The van der Waals surface area contributed by atoms with E-state index in [1.807, 2.05) is 31.3 Å². The van der Waals surface area contributed by atoms with E-state index in [1.165, 1.54) is 11.3 Å². The highest BCUT2D eigenvalue weighted by atomic mass is 32.1. The van der Waals surface area contributed by atoms with Crippen molar-refractivity contribution in [3.05, 3.63) is 39.5 Å². The highest BCUT2D eigenvalue weighted by Gasteiger charge is 2.27. The number of likely N-dealkylation sites (N-methyl/N-ethyl adjacent to an activating group) is 2. The summed E-state index contributed by atoms with van der Waals surface area (Å²) in [5.41, 5.74) is 0.709. The lowest BCUT2D eigenvalue weighted by Crippen LogP contribution is -2.39. The van der Waals surface area contributed by atoms with Crippen molar-refractivity contribution in [2.45, 2.75) is 13.8 Å². The van der Waals surface area contributed by atoms with Gasteiger partial charge < -0.3 is 23.8 Å². The van der Waals surface area contributed by atoms with E-state index in [2.05, 4.69) is 23.6 Å².